The summed E-state index contributed by atoms with van der Waals surface area (Å²) in [6, 6.07) is 10.5. The van der Waals surface area contributed by atoms with Crippen LogP contribution in [0.2, 0.25) is 17.1 Å². The van der Waals surface area contributed by atoms with Crippen LogP contribution in [0, 0.1) is 12.8 Å². The van der Waals surface area contributed by atoms with Gasteiger partial charge in [0, 0.05) is 5.92 Å². The third kappa shape index (κ3) is 4.21. The van der Waals surface area contributed by atoms with Crippen molar-refractivity contribution in [1.29, 1.82) is 0 Å². The Labute approximate surface area is 150 Å². The third-order valence-corrected chi connectivity index (χ3v) is 12.7. The van der Waals surface area contributed by atoms with E-state index in [9.17, 15) is 5.11 Å². The van der Waals surface area contributed by atoms with E-state index in [-0.39, 0.29) is 6.10 Å². The van der Waals surface area contributed by atoms with Gasteiger partial charge in [0.25, 0.3) is 0 Å². The minimum Gasteiger partial charge on any atom is -0.393 e. The Morgan fingerprint density at radius 3 is 2.17 bits per heavy atom. The zero-order valence-electron chi connectivity index (χ0n) is 16.3. The van der Waals surface area contributed by atoms with Crippen molar-refractivity contribution in [3.05, 3.63) is 42.0 Å². The molecule has 0 unspecified atom stereocenters. The van der Waals surface area contributed by atoms with Crippen LogP contribution in [-0.2, 0) is 0 Å². The number of hydrogen-bond acceptors (Lipinski definition) is 1. The summed E-state index contributed by atoms with van der Waals surface area (Å²) >= 11 is 0. The van der Waals surface area contributed by atoms with Gasteiger partial charge in [-0.15, -0.1) is 0 Å². The van der Waals surface area contributed by atoms with E-state index in [2.05, 4.69) is 71.0 Å². The van der Waals surface area contributed by atoms with Gasteiger partial charge in [-0.05, 0) is 36.9 Å². The first-order valence-corrected chi connectivity index (χ1v) is 12.2. The van der Waals surface area contributed by atoms with Crippen molar-refractivity contribution in [2.24, 2.45) is 5.92 Å². The summed E-state index contributed by atoms with van der Waals surface area (Å²) in [7, 11) is -1.62. The largest absolute Gasteiger partial charge is 0.393 e. The second-order valence-electron chi connectivity index (χ2n) is 8.36. The van der Waals surface area contributed by atoms with Crippen molar-refractivity contribution in [2.45, 2.75) is 83.5 Å². The molecule has 1 aliphatic carbocycles. The highest BCUT2D eigenvalue weighted by molar-refractivity contribution is 6.94. The molecule has 1 nitrogen and oxygen atoms in total. The average molecular weight is 345 g/mol. The second-order valence-corrected chi connectivity index (χ2v) is 13.7. The first kappa shape index (κ1) is 19.5. The summed E-state index contributed by atoms with van der Waals surface area (Å²) in [5.41, 5.74) is 2.76. The van der Waals surface area contributed by atoms with Gasteiger partial charge in [-0.1, -0.05) is 87.7 Å². The van der Waals surface area contributed by atoms with Crippen molar-refractivity contribution in [2.75, 3.05) is 0 Å². The van der Waals surface area contributed by atoms with Gasteiger partial charge in [0.2, 0.25) is 0 Å². The Hall–Kier alpha value is -0.863. The van der Waals surface area contributed by atoms with E-state index in [0.717, 1.165) is 12.8 Å². The van der Waals surface area contributed by atoms with Crippen LogP contribution in [0.4, 0.5) is 0 Å². The highest BCUT2D eigenvalue weighted by Gasteiger charge is 2.40. The summed E-state index contributed by atoms with van der Waals surface area (Å²) in [6.07, 6.45) is 9.22. The number of rotatable bonds is 6. The summed E-state index contributed by atoms with van der Waals surface area (Å²) in [5, 5.41) is 11.8. The van der Waals surface area contributed by atoms with E-state index < -0.39 is 8.07 Å². The van der Waals surface area contributed by atoms with Gasteiger partial charge >= 0.3 is 0 Å². The standard InChI is InChI=1S/C22H36OSi/c1-17(2)24(18(3)4,21-14-12-19(5)13-15-21)16-8-10-20-9-6-7-11-22(20)23/h8,10,12-15,17-18,20,22-23H,6-7,9,11,16H2,1-5H3/b10-8-/t20-,22+/m1/s1. The monoisotopic (exact) mass is 344 g/mol. The molecule has 2 atom stereocenters. The molecule has 0 aromatic heterocycles. The maximum absolute atomic E-state index is 10.2. The van der Waals surface area contributed by atoms with Crippen molar-refractivity contribution in [3.8, 4) is 0 Å². The smallest absolute Gasteiger partial charge is 0.0954 e. The fraction of sp³-hybridized carbons (Fsp3) is 0.636. The Bertz CT molecular complexity index is 521. The number of aliphatic hydroxyl groups excluding tert-OH is 1. The van der Waals surface area contributed by atoms with Crippen LogP contribution in [0.3, 0.4) is 0 Å². The molecule has 1 aliphatic rings. The number of allylic oxidation sites excluding steroid dienone is 1. The van der Waals surface area contributed by atoms with Crippen LogP contribution in [-0.4, -0.2) is 19.3 Å². The molecule has 0 spiro atoms. The van der Waals surface area contributed by atoms with Crippen molar-refractivity contribution < 1.29 is 5.11 Å². The lowest BCUT2D eigenvalue weighted by Gasteiger charge is -2.39. The molecule has 1 N–H and O–H groups in total. The van der Waals surface area contributed by atoms with Gasteiger partial charge in [0.15, 0.2) is 0 Å². The van der Waals surface area contributed by atoms with E-state index in [1.165, 1.54) is 24.4 Å². The molecule has 134 valence electrons. The maximum atomic E-state index is 10.2. The number of benzene rings is 1. The van der Waals surface area contributed by atoms with E-state index in [1.54, 1.807) is 5.19 Å². The molecule has 0 bridgehead atoms. The molecule has 1 saturated carbocycles. The zero-order valence-corrected chi connectivity index (χ0v) is 17.3. The van der Waals surface area contributed by atoms with Gasteiger partial charge in [-0.3, -0.25) is 0 Å². The number of aryl methyl sites for hydroxylation is 1. The highest BCUT2D eigenvalue weighted by atomic mass is 28.3. The number of hydrogen-bond donors (Lipinski definition) is 1. The molecule has 0 aliphatic heterocycles. The fourth-order valence-corrected chi connectivity index (χ4v) is 9.75. The molecule has 2 rings (SSSR count). The Morgan fingerprint density at radius 2 is 1.62 bits per heavy atom. The van der Waals surface area contributed by atoms with Gasteiger partial charge in [0.05, 0.1) is 14.2 Å². The average Bonchev–Trinajstić information content (AvgIpc) is 2.53. The summed E-state index contributed by atoms with van der Waals surface area (Å²) in [6.45, 7) is 11.8. The SMILES string of the molecule is Cc1ccc([Si](C/C=C\[C@H]2CCCC[C@@H]2O)(C(C)C)C(C)C)cc1. The second kappa shape index (κ2) is 8.49. The topological polar surface area (TPSA) is 20.2 Å². The molecule has 0 amide bonds. The molecule has 1 aromatic carbocycles. The molecular weight excluding hydrogens is 308 g/mol. The van der Waals surface area contributed by atoms with E-state index in [0.29, 0.717) is 17.0 Å². The van der Waals surface area contributed by atoms with Crippen molar-refractivity contribution in [3.63, 3.8) is 0 Å². The lowest BCUT2D eigenvalue weighted by molar-refractivity contribution is 0.0927. The Balaban J connectivity index is 2.24. The molecule has 0 radical (unpaired) electrons. The van der Waals surface area contributed by atoms with E-state index in [1.807, 2.05) is 0 Å². The first-order valence-electron chi connectivity index (χ1n) is 9.79. The van der Waals surface area contributed by atoms with Gasteiger partial charge < -0.3 is 5.11 Å². The molecule has 1 aromatic rings. The van der Waals surface area contributed by atoms with Gasteiger partial charge in [0.1, 0.15) is 0 Å². The zero-order chi connectivity index (χ0) is 17.7. The molecule has 1 fully saturated rings. The molecule has 2 heteroatoms. The van der Waals surface area contributed by atoms with Crippen LogP contribution < -0.4 is 5.19 Å². The summed E-state index contributed by atoms with van der Waals surface area (Å²) < 4.78 is 0. The normalized spacial score (nSPS) is 22.7. The Morgan fingerprint density at radius 1 is 1.04 bits per heavy atom. The minimum absolute atomic E-state index is 0.122. The van der Waals surface area contributed by atoms with Crippen LogP contribution in [0.25, 0.3) is 0 Å². The predicted molar refractivity (Wildman–Crippen MR) is 109 cm³/mol. The fourth-order valence-electron chi connectivity index (χ4n) is 4.59. The van der Waals surface area contributed by atoms with Crippen LogP contribution >= 0.6 is 0 Å². The van der Waals surface area contributed by atoms with Crippen LogP contribution in [0.15, 0.2) is 36.4 Å². The lowest BCUT2D eigenvalue weighted by atomic mass is 9.86. The van der Waals surface area contributed by atoms with E-state index in [4.69, 9.17) is 0 Å². The van der Waals surface area contributed by atoms with Crippen molar-refractivity contribution >= 4 is 13.3 Å². The quantitative estimate of drug-likeness (QED) is 0.528. The van der Waals surface area contributed by atoms with Crippen LogP contribution in [0.1, 0.15) is 58.9 Å². The third-order valence-electron chi connectivity index (χ3n) is 6.27. The molecule has 0 saturated heterocycles. The number of aliphatic hydroxyl groups is 1. The Kier molecular flexibility index (Phi) is 6.88. The predicted octanol–water partition coefficient (Wildman–Crippen LogP) is 5.58. The maximum Gasteiger partial charge on any atom is 0.0954 e. The summed E-state index contributed by atoms with van der Waals surface area (Å²) in [4.78, 5) is 0. The van der Waals surface area contributed by atoms with Crippen molar-refractivity contribution in [1.82, 2.24) is 0 Å². The van der Waals surface area contributed by atoms with Gasteiger partial charge in [-0.25, -0.2) is 0 Å². The van der Waals surface area contributed by atoms with E-state index >= 15 is 0 Å². The van der Waals surface area contributed by atoms with Crippen LogP contribution in [0.5, 0.6) is 0 Å². The molecule has 24 heavy (non-hydrogen) atoms. The minimum atomic E-state index is -1.62. The molecular formula is C22H36OSi. The first-order chi connectivity index (χ1) is 11.4. The highest BCUT2D eigenvalue weighted by Crippen LogP contribution is 2.36. The summed E-state index contributed by atoms with van der Waals surface area (Å²) in [5.74, 6) is 0.378. The van der Waals surface area contributed by atoms with Gasteiger partial charge in [-0.2, -0.15) is 0 Å². The molecule has 0 heterocycles. The lowest BCUT2D eigenvalue weighted by Crippen LogP contribution is -2.52.